The van der Waals surface area contributed by atoms with Crippen LogP contribution in [0.25, 0.3) is 0 Å². The zero-order chi connectivity index (χ0) is 20.9. The largest absolute Gasteiger partial charge is 0.335 e. The maximum Gasteiger partial charge on any atom is 0.229 e. The molecule has 3 aromatic rings. The van der Waals surface area contributed by atoms with Crippen molar-refractivity contribution in [3.8, 4) is 0 Å². The molecule has 6 heteroatoms. The summed E-state index contributed by atoms with van der Waals surface area (Å²) in [5.41, 5.74) is 1.83. The van der Waals surface area contributed by atoms with Gasteiger partial charge in [0.2, 0.25) is 11.8 Å². The number of hydrogen-bond donors (Lipinski definition) is 1. The molecule has 2 amide bonds. The zero-order valence-corrected chi connectivity index (χ0v) is 18.0. The normalized spacial score (nSPS) is 18.8. The first-order chi connectivity index (χ1) is 14.6. The number of carbonyl (C=O) groups excluding carboxylic acids is 2. The highest BCUT2D eigenvalue weighted by Crippen LogP contribution is 2.34. The summed E-state index contributed by atoms with van der Waals surface area (Å²) in [7, 11) is 0. The topological polar surface area (TPSA) is 49.4 Å². The number of benzene rings is 2. The Labute approximate surface area is 185 Å². The Morgan fingerprint density at radius 2 is 1.77 bits per heavy atom. The van der Waals surface area contributed by atoms with E-state index in [-0.39, 0.29) is 23.8 Å². The summed E-state index contributed by atoms with van der Waals surface area (Å²) in [5.74, 6) is -0.235. The van der Waals surface area contributed by atoms with Crippen LogP contribution < -0.4 is 5.32 Å². The van der Waals surface area contributed by atoms with Crippen LogP contribution >= 0.6 is 22.9 Å². The molecule has 30 heavy (non-hydrogen) atoms. The third-order valence-corrected chi connectivity index (χ3v) is 6.60. The minimum absolute atomic E-state index is 0.00163. The van der Waals surface area contributed by atoms with Gasteiger partial charge in [-0.1, -0.05) is 48.0 Å². The molecule has 0 radical (unpaired) electrons. The van der Waals surface area contributed by atoms with Gasteiger partial charge in [0.25, 0.3) is 0 Å². The van der Waals surface area contributed by atoms with Crippen LogP contribution in [0, 0.1) is 5.92 Å². The second-order valence-corrected chi connectivity index (χ2v) is 8.97. The van der Waals surface area contributed by atoms with E-state index in [1.807, 2.05) is 40.6 Å². The molecule has 0 saturated carbocycles. The molecule has 1 aliphatic rings. The lowest BCUT2D eigenvalue weighted by atomic mass is 9.88. The summed E-state index contributed by atoms with van der Waals surface area (Å²) < 4.78 is 0. The third-order valence-electron chi connectivity index (χ3n) is 5.47. The number of nitrogens with one attached hydrogen (secondary N) is 1. The summed E-state index contributed by atoms with van der Waals surface area (Å²) in [5, 5.41) is 5.57. The fraction of sp³-hybridized carbons (Fsp3) is 0.250. The number of rotatable bonds is 5. The lowest BCUT2D eigenvalue weighted by Gasteiger charge is -2.39. The molecule has 1 aliphatic heterocycles. The molecule has 2 unspecified atom stereocenters. The average molecular weight is 439 g/mol. The average Bonchev–Trinajstić information content (AvgIpc) is 3.28. The molecule has 0 bridgehead atoms. The summed E-state index contributed by atoms with van der Waals surface area (Å²) in [6.07, 6.45) is 1.87. The van der Waals surface area contributed by atoms with Crippen molar-refractivity contribution in [2.24, 2.45) is 5.92 Å². The molecule has 0 aliphatic carbocycles. The van der Waals surface area contributed by atoms with Gasteiger partial charge in [-0.2, -0.15) is 0 Å². The Morgan fingerprint density at radius 1 is 1.00 bits per heavy atom. The van der Waals surface area contributed by atoms with Crippen molar-refractivity contribution in [2.45, 2.75) is 25.3 Å². The van der Waals surface area contributed by atoms with Crippen molar-refractivity contribution in [3.63, 3.8) is 0 Å². The van der Waals surface area contributed by atoms with Crippen molar-refractivity contribution >= 4 is 40.4 Å². The van der Waals surface area contributed by atoms with Crippen molar-refractivity contribution in [3.05, 3.63) is 87.6 Å². The first-order valence-electron chi connectivity index (χ1n) is 10.0. The predicted molar refractivity (Wildman–Crippen MR) is 122 cm³/mol. The zero-order valence-electron chi connectivity index (χ0n) is 16.5. The van der Waals surface area contributed by atoms with Crippen LogP contribution in [0.3, 0.4) is 0 Å². The van der Waals surface area contributed by atoms with Crippen LogP contribution in [0.4, 0.5) is 5.69 Å². The van der Waals surface area contributed by atoms with Gasteiger partial charge < -0.3 is 10.2 Å². The van der Waals surface area contributed by atoms with Gasteiger partial charge in [-0.05, 0) is 54.1 Å². The molecule has 1 aromatic heterocycles. The van der Waals surface area contributed by atoms with Crippen LogP contribution in [0.2, 0.25) is 5.02 Å². The summed E-state index contributed by atoms with van der Waals surface area (Å²) in [4.78, 5) is 29.0. The fourth-order valence-electron chi connectivity index (χ4n) is 3.92. The molecule has 2 atom stereocenters. The number of carbonyl (C=O) groups is 2. The minimum atomic E-state index is -0.243. The van der Waals surface area contributed by atoms with Crippen molar-refractivity contribution in [1.82, 2.24) is 4.90 Å². The molecule has 154 valence electrons. The van der Waals surface area contributed by atoms with Crippen LogP contribution in [-0.4, -0.2) is 23.3 Å². The maximum absolute atomic E-state index is 13.2. The van der Waals surface area contributed by atoms with E-state index in [1.165, 1.54) is 0 Å². The van der Waals surface area contributed by atoms with Crippen molar-refractivity contribution in [2.75, 3.05) is 11.9 Å². The number of hydrogen-bond acceptors (Lipinski definition) is 3. The lowest BCUT2D eigenvalue weighted by molar-refractivity contribution is -0.137. The van der Waals surface area contributed by atoms with Gasteiger partial charge in [-0.3, -0.25) is 9.59 Å². The van der Waals surface area contributed by atoms with Gasteiger partial charge >= 0.3 is 0 Å². The van der Waals surface area contributed by atoms with Crippen LogP contribution in [0.15, 0.2) is 72.1 Å². The Bertz CT molecular complexity index is 990. The molecule has 4 nitrogen and oxygen atoms in total. The van der Waals surface area contributed by atoms with E-state index in [0.29, 0.717) is 23.7 Å². The fourth-order valence-corrected chi connectivity index (χ4v) is 4.75. The van der Waals surface area contributed by atoms with Crippen molar-refractivity contribution < 1.29 is 9.59 Å². The predicted octanol–water partition coefficient (Wildman–Crippen LogP) is 5.56. The first-order valence-corrected chi connectivity index (χ1v) is 11.3. The second-order valence-electron chi connectivity index (χ2n) is 7.50. The van der Waals surface area contributed by atoms with Crippen LogP contribution in [0.1, 0.15) is 29.3 Å². The van der Waals surface area contributed by atoms with Gasteiger partial charge in [0.1, 0.15) is 0 Å². The molecule has 4 rings (SSSR count). The second kappa shape index (κ2) is 9.45. The molecule has 1 saturated heterocycles. The van der Waals surface area contributed by atoms with E-state index in [4.69, 9.17) is 11.6 Å². The maximum atomic E-state index is 13.2. The van der Waals surface area contributed by atoms with E-state index < -0.39 is 0 Å². The highest BCUT2D eigenvalue weighted by Gasteiger charge is 2.35. The molecular formula is C24H23ClN2O2S. The van der Waals surface area contributed by atoms with E-state index in [1.54, 1.807) is 35.6 Å². The number of anilines is 1. The smallest absolute Gasteiger partial charge is 0.229 e. The Morgan fingerprint density at radius 3 is 2.47 bits per heavy atom. The standard InChI is InChI=1S/C24H23ClN2O2S/c25-19-9-11-20(12-10-19)26-24(29)18-8-13-22(17-5-2-1-3-6-17)27(16-18)23(28)15-21-7-4-14-30-21/h1-7,9-12,14,18,22H,8,13,15-16H2,(H,26,29). The summed E-state index contributed by atoms with van der Waals surface area (Å²) in [6.45, 7) is 0.420. The number of likely N-dealkylation sites (tertiary alicyclic amines) is 1. The first kappa shape index (κ1) is 20.6. The highest BCUT2D eigenvalue weighted by molar-refractivity contribution is 7.10. The molecule has 2 heterocycles. The molecule has 1 N–H and O–H groups in total. The van der Waals surface area contributed by atoms with Gasteiger partial charge in [-0.15, -0.1) is 11.3 Å². The van der Waals surface area contributed by atoms with Gasteiger partial charge in [0.05, 0.1) is 18.4 Å². The Hall–Kier alpha value is -2.63. The third kappa shape index (κ3) is 4.91. The van der Waals surface area contributed by atoms with Crippen LogP contribution in [-0.2, 0) is 16.0 Å². The molecule has 2 aromatic carbocycles. The van der Waals surface area contributed by atoms with Gasteiger partial charge in [-0.25, -0.2) is 0 Å². The van der Waals surface area contributed by atoms with E-state index in [0.717, 1.165) is 23.3 Å². The summed E-state index contributed by atoms with van der Waals surface area (Å²) >= 11 is 7.51. The SMILES string of the molecule is O=C(Nc1ccc(Cl)cc1)C1CCC(c2ccccc2)N(C(=O)Cc2cccs2)C1. The Kier molecular flexibility index (Phi) is 6.50. The summed E-state index contributed by atoms with van der Waals surface area (Å²) in [6, 6.07) is 21.1. The lowest BCUT2D eigenvalue weighted by Crippen LogP contribution is -2.46. The number of thiophene rings is 1. The van der Waals surface area contributed by atoms with E-state index in [9.17, 15) is 9.59 Å². The monoisotopic (exact) mass is 438 g/mol. The van der Waals surface area contributed by atoms with Crippen LogP contribution in [0.5, 0.6) is 0 Å². The number of halogens is 1. The number of amides is 2. The highest BCUT2D eigenvalue weighted by atomic mass is 35.5. The quantitative estimate of drug-likeness (QED) is 0.566. The van der Waals surface area contributed by atoms with E-state index in [2.05, 4.69) is 17.4 Å². The molecule has 1 fully saturated rings. The van der Waals surface area contributed by atoms with Gasteiger partial charge in [0, 0.05) is 22.1 Å². The number of piperidine rings is 1. The molecular weight excluding hydrogens is 416 g/mol. The van der Waals surface area contributed by atoms with Gasteiger partial charge in [0.15, 0.2) is 0 Å². The Balaban J connectivity index is 1.51. The van der Waals surface area contributed by atoms with Crippen molar-refractivity contribution in [1.29, 1.82) is 0 Å². The molecule has 0 spiro atoms. The van der Waals surface area contributed by atoms with E-state index >= 15 is 0 Å². The minimum Gasteiger partial charge on any atom is -0.335 e. The number of nitrogens with zero attached hydrogens (tertiary/aromatic N) is 1.